The van der Waals surface area contributed by atoms with Gasteiger partial charge in [-0.1, -0.05) is 32.9 Å². The topological polar surface area (TPSA) is 29.1 Å². The van der Waals surface area contributed by atoms with E-state index < -0.39 is 0 Å². The fourth-order valence-corrected chi connectivity index (χ4v) is 2.19. The highest BCUT2D eigenvalue weighted by atomic mass is 32.2. The second kappa shape index (κ2) is 6.70. The summed E-state index contributed by atoms with van der Waals surface area (Å²) in [6.07, 6.45) is 0. The van der Waals surface area contributed by atoms with Crippen LogP contribution >= 0.6 is 11.8 Å². The maximum absolute atomic E-state index is 12.1. The molecule has 0 saturated heterocycles. The van der Waals surface area contributed by atoms with E-state index in [1.54, 1.807) is 11.8 Å². The highest BCUT2D eigenvalue weighted by molar-refractivity contribution is 7.99. The molecule has 1 N–H and O–H groups in total. The van der Waals surface area contributed by atoms with Gasteiger partial charge in [-0.05, 0) is 30.7 Å². The van der Waals surface area contributed by atoms with Crippen molar-refractivity contribution < 1.29 is 4.79 Å². The minimum Gasteiger partial charge on any atom is -0.349 e. The number of thioether (sulfide) groups is 1. The number of hydrogen-bond donors (Lipinski definition) is 1. The van der Waals surface area contributed by atoms with Crippen LogP contribution in [0.2, 0.25) is 0 Å². The second-order valence-electron chi connectivity index (χ2n) is 4.44. The normalized spacial score (nSPS) is 12.5. The lowest BCUT2D eigenvalue weighted by Crippen LogP contribution is -2.36. The van der Waals surface area contributed by atoms with E-state index in [0.717, 1.165) is 16.2 Å². The molecule has 0 bridgehead atoms. The van der Waals surface area contributed by atoms with Gasteiger partial charge in [0, 0.05) is 10.9 Å². The van der Waals surface area contributed by atoms with Crippen LogP contribution in [0.4, 0.5) is 0 Å². The van der Waals surface area contributed by atoms with Crippen molar-refractivity contribution in [2.24, 2.45) is 5.92 Å². The molecule has 0 radical (unpaired) electrons. The van der Waals surface area contributed by atoms with E-state index in [9.17, 15) is 4.79 Å². The summed E-state index contributed by atoms with van der Waals surface area (Å²) in [5, 5.41) is 3.04. The molecule has 17 heavy (non-hydrogen) atoms. The monoisotopic (exact) mass is 251 g/mol. The molecule has 0 aliphatic heterocycles. The number of benzene rings is 1. The maximum atomic E-state index is 12.1. The predicted molar refractivity (Wildman–Crippen MR) is 74.6 cm³/mol. The maximum Gasteiger partial charge on any atom is 0.252 e. The van der Waals surface area contributed by atoms with Gasteiger partial charge in [0.1, 0.15) is 0 Å². The van der Waals surface area contributed by atoms with Gasteiger partial charge in [-0.25, -0.2) is 0 Å². The number of carbonyl (C=O) groups is 1. The van der Waals surface area contributed by atoms with Crippen molar-refractivity contribution in [2.75, 3.05) is 5.75 Å². The Hall–Kier alpha value is -0.960. The first-order valence-corrected chi connectivity index (χ1v) is 7.07. The lowest BCUT2D eigenvalue weighted by Gasteiger charge is -2.18. The molecule has 0 heterocycles. The molecule has 0 saturated carbocycles. The number of rotatable bonds is 5. The largest absolute Gasteiger partial charge is 0.349 e. The molecule has 1 amide bonds. The lowest BCUT2D eigenvalue weighted by molar-refractivity contribution is 0.0927. The van der Waals surface area contributed by atoms with Crippen molar-refractivity contribution in [2.45, 2.75) is 38.6 Å². The van der Waals surface area contributed by atoms with Gasteiger partial charge in [-0.15, -0.1) is 11.8 Å². The molecule has 0 spiro atoms. The third-order valence-corrected chi connectivity index (χ3v) is 3.75. The SMILES string of the molecule is CCSc1ccccc1C(=O)N[C@H](C)C(C)C. The Morgan fingerprint density at radius 1 is 1.29 bits per heavy atom. The third kappa shape index (κ3) is 4.08. The van der Waals surface area contributed by atoms with Crippen molar-refractivity contribution in [3.8, 4) is 0 Å². The zero-order valence-corrected chi connectivity index (χ0v) is 11.8. The van der Waals surface area contributed by atoms with Gasteiger partial charge in [0.05, 0.1) is 5.56 Å². The van der Waals surface area contributed by atoms with Crippen LogP contribution in [0.15, 0.2) is 29.2 Å². The summed E-state index contributed by atoms with van der Waals surface area (Å²) in [5.41, 5.74) is 0.784. The zero-order valence-electron chi connectivity index (χ0n) is 11.0. The van der Waals surface area contributed by atoms with Crippen LogP contribution in [-0.4, -0.2) is 17.7 Å². The molecule has 0 unspecified atom stereocenters. The van der Waals surface area contributed by atoms with E-state index in [-0.39, 0.29) is 11.9 Å². The van der Waals surface area contributed by atoms with Crippen molar-refractivity contribution >= 4 is 17.7 Å². The van der Waals surface area contributed by atoms with E-state index in [2.05, 4.69) is 26.1 Å². The van der Waals surface area contributed by atoms with Crippen LogP contribution in [0.5, 0.6) is 0 Å². The van der Waals surface area contributed by atoms with Gasteiger partial charge in [0.15, 0.2) is 0 Å². The number of amides is 1. The van der Waals surface area contributed by atoms with Crippen LogP contribution in [0.25, 0.3) is 0 Å². The molecule has 0 aliphatic rings. The Labute approximate surface area is 108 Å². The first-order chi connectivity index (χ1) is 8.06. The van der Waals surface area contributed by atoms with Crippen LogP contribution in [-0.2, 0) is 0 Å². The Bertz CT molecular complexity index is 376. The van der Waals surface area contributed by atoms with Crippen LogP contribution in [0.3, 0.4) is 0 Å². The smallest absolute Gasteiger partial charge is 0.252 e. The van der Waals surface area contributed by atoms with E-state index in [1.807, 2.05) is 31.2 Å². The molecule has 2 nitrogen and oxygen atoms in total. The third-order valence-electron chi connectivity index (χ3n) is 2.79. The Morgan fingerprint density at radius 2 is 1.94 bits per heavy atom. The molecule has 0 aromatic heterocycles. The summed E-state index contributed by atoms with van der Waals surface area (Å²) in [5.74, 6) is 1.46. The lowest BCUT2D eigenvalue weighted by atomic mass is 10.1. The van der Waals surface area contributed by atoms with Crippen LogP contribution in [0, 0.1) is 5.92 Å². The fraction of sp³-hybridized carbons (Fsp3) is 0.500. The van der Waals surface area contributed by atoms with Crippen LogP contribution < -0.4 is 5.32 Å². The average Bonchev–Trinajstić information content (AvgIpc) is 2.29. The van der Waals surface area contributed by atoms with E-state index >= 15 is 0 Å². The first-order valence-electron chi connectivity index (χ1n) is 6.09. The standard InChI is InChI=1S/C14H21NOS/c1-5-17-13-9-7-6-8-12(13)14(16)15-11(4)10(2)3/h6-11H,5H2,1-4H3,(H,15,16)/t11-/m1/s1. The van der Waals surface area contributed by atoms with E-state index in [1.165, 1.54) is 0 Å². The van der Waals surface area contributed by atoms with Gasteiger partial charge in [0.2, 0.25) is 0 Å². The van der Waals surface area contributed by atoms with Crippen molar-refractivity contribution in [1.82, 2.24) is 5.32 Å². The van der Waals surface area contributed by atoms with E-state index in [0.29, 0.717) is 5.92 Å². The van der Waals surface area contributed by atoms with Crippen LogP contribution in [0.1, 0.15) is 38.1 Å². The fourth-order valence-electron chi connectivity index (χ4n) is 1.39. The minimum atomic E-state index is 0.0303. The number of carbonyl (C=O) groups excluding carboxylic acids is 1. The summed E-state index contributed by atoms with van der Waals surface area (Å²) in [6.45, 7) is 8.35. The highest BCUT2D eigenvalue weighted by Gasteiger charge is 2.15. The quantitative estimate of drug-likeness (QED) is 0.811. The Morgan fingerprint density at radius 3 is 2.53 bits per heavy atom. The minimum absolute atomic E-state index is 0.0303. The predicted octanol–water partition coefficient (Wildman–Crippen LogP) is 3.57. The van der Waals surface area contributed by atoms with Crippen molar-refractivity contribution in [1.29, 1.82) is 0 Å². The van der Waals surface area contributed by atoms with Gasteiger partial charge >= 0.3 is 0 Å². The first kappa shape index (κ1) is 14.1. The molecule has 3 heteroatoms. The van der Waals surface area contributed by atoms with Gasteiger partial charge < -0.3 is 5.32 Å². The van der Waals surface area contributed by atoms with Crippen molar-refractivity contribution in [3.05, 3.63) is 29.8 Å². The van der Waals surface area contributed by atoms with E-state index in [4.69, 9.17) is 0 Å². The zero-order chi connectivity index (χ0) is 12.8. The molecular formula is C14H21NOS. The molecule has 0 aliphatic carbocycles. The average molecular weight is 251 g/mol. The summed E-state index contributed by atoms with van der Waals surface area (Å²) in [6, 6.07) is 7.97. The molecule has 1 rings (SSSR count). The highest BCUT2D eigenvalue weighted by Crippen LogP contribution is 2.22. The summed E-state index contributed by atoms with van der Waals surface area (Å²) < 4.78 is 0. The molecule has 1 atom stereocenters. The van der Waals surface area contributed by atoms with Gasteiger partial charge in [-0.3, -0.25) is 4.79 Å². The molecule has 1 aromatic carbocycles. The molecule has 1 aromatic rings. The Kier molecular flexibility index (Phi) is 5.56. The molecule has 0 fully saturated rings. The van der Waals surface area contributed by atoms with Crippen molar-refractivity contribution in [3.63, 3.8) is 0 Å². The van der Waals surface area contributed by atoms with Gasteiger partial charge in [0.25, 0.3) is 5.91 Å². The number of nitrogens with one attached hydrogen (secondary N) is 1. The summed E-state index contributed by atoms with van der Waals surface area (Å²) in [4.78, 5) is 13.2. The Balaban J connectivity index is 2.81. The molecule has 94 valence electrons. The molecular weight excluding hydrogens is 230 g/mol. The van der Waals surface area contributed by atoms with Gasteiger partial charge in [-0.2, -0.15) is 0 Å². The summed E-state index contributed by atoms with van der Waals surface area (Å²) in [7, 11) is 0. The second-order valence-corrected chi connectivity index (χ2v) is 5.74. The number of hydrogen-bond acceptors (Lipinski definition) is 2. The summed E-state index contributed by atoms with van der Waals surface area (Å²) >= 11 is 1.70.